The summed E-state index contributed by atoms with van der Waals surface area (Å²) in [5.41, 5.74) is 0.733. The zero-order chi connectivity index (χ0) is 21.1. The lowest BCUT2D eigenvalue weighted by Gasteiger charge is -2.08. The molecule has 1 aliphatic carbocycles. The van der Waals surface area contributed by atoms with E-state index >= 15 is 0 Å². The number of carbonyl (C=O) groups excluding carboxylic acids is 1. The Morgan fingerprint density at radius 2 is 1.69 bits per heavy atom. The lowest BCUT2D eigenvalue weighted by Crippen LogP contribution is -2.27. The van der Waals surface area contributed by atoms with Gasteiger partial charge in [-0.3, -0.25) is 4.79 Å². The number of hydrogen-bond donors (Lipinski definition) is 1. The number of amides is 1. The smallest absolute Gasteiger partial charge is 0.356 e. The van der Waals surface area contributed by atoms with Crippen LogP contribution in [0, 0.1) is 5.92 Å². The van der Waals surface area contributed by atoms with Crippen molar-refractivity contribution in [3.8, 4) is 0 Å². The number of nitrogens with one attached hydrogen (secondary N) is 1. The van der Waals surface area contributed by atoms with Gasteiger partial charge in [-0.1, -0.05) is 42.5 Å². The van der Waals surface area contributed by atoms with Crippen LogP contribution < -0.4 is 5.32 Å². The van der Waals surface area contributed by atoms with Crippen molar-refractivity contribution >= 4 is 15.7 Å². The highest BCUT2D eigenvalue weighted by Gasteiger charge is 2.44. The van der Waals surface area contributed by atoms with Gasteiger partial charge < -0.3 is 5.32 Å². The van der Waals surface area contributed by atoms with E-state index in [1.807, 2.05) is 6.07 Å². The minimum atomic E-state index is -4.38. The molecule has 1 saturated carbocycles. The highest BCUT2D eigenvalue weighted by molar-refractivity contribution is 7.90. The quantitative estimate of drug-likeness (QED) is 0.652. The number of rotatable bonds is 8. The van der Waals surface area contributed by atoms with Crippen LogP contribution in [0.1, 0.15) is 35.4 Å². The fraction of sp³-hybridized carbons (Fsp3) is 0.381. The maximum Gasteiger partial charge on any atom is 0.416 e. The molecule has 1 aliphatic rings. The minimum absolute atomic E-state index is 0.0187. The van der Waals surface area contributed by atoms with Crippen molar-refractivity contribution in [2.24, 2.45) is 5.92 Å². The molecule has 0 radical (unpaired) electrons. The first-order chi connectivity index (χ1) is 13.7. The summed E-state index contributed by atoms with van der Waals surface area (Å²) >= 11 is 0. The van der Waals surface area contributed by atoms with Crippen LogP contribution in [0.3, 0.4) is 0 Å². The van der Waals surface area contributed by atoms with E-state index in [1.165, 1.54) is 12.1 Å². The normalized spacial score (nSPS) is 19.0. The zero-order valence-electron chi connectivity index (χ0n) is 15.7. The molecule has 0 saturated heterocycles. The third kappa shape index (κ3) is 6.06. The highest BCUT2D eigenvalue weighted by Crippen LogP contribution is 2.47. The van der Waals surface area contributed by atoms with E-state index in [-0.39, 0.29) is 35.8 Å². The molecule has 1 N–H and O–H groups in total. The van der Waals surface area contributed by atoms with E-state index in [0.29, 0.717) is 18.4 Å². The van der Waals surface area contributed by atoms with Gasteiger partial charge in [0.1, 0.15) is 0 Å². The molecule has 0 aromatic heterocycles. The van der Waals surface area contributed by atoms with Gasteiger partial charge in [0.25, 0.3) is 0 Å². The number of benzene rings is 2. The molecule has 2 atom stereocenters. The largest absolute Gasteiger partial charge is 0.416 e. The Kier molecular flexibility index (Phi) is 6.31. The monoisotopic (exact) mass is 425 g/mol. The predicted molar refractivity (Wildman–Crippen MR) is 104 cm³/mol. The molecule has 0 spiro atoms. The summed E-state index contributed by atoms with van der Waals surface area (Å²) in [5, 5.41) is 2.73. The van der Waals surface area contributed by atoms with Gasteiger partial charge in [0.2, 0.25) is 5.91 Å². The van der Waals surface area contributed by atoms with Crippen LogP contribution in [0.15, 0.2) is 54.6 Å². The summed E-state index contributed by atoms with van der Waals surface area (Å²) in [4.78, 5) is 12.2. The van der Waals surface area contributed by atoms with Crippen molar-refractivity contribution in [1.82, 2.24) is 5.32 Å². The van der Waals surface area contributed by atoms with Crippen molar-refractivity contribution in [2.45, 2.75) is 30.7 Å². The average molecular weight is 425 g/mol. The molecular weight excluding hydrogens is 403 g/mol. The number of carbonyl (C=O) groups is 1. The Morgan fingerprint density at radius 1 is 1.03 bits per heavy atom. The third-order valence-electron chi connectivity index (χ3n) is 4.95. The molecule has 0 bridgehead atoms. The Bertz CT molecular complexity index is 941. The Balaban J connectivity index is 1.41. The Morgan fingerprint density at radius 3 is 2.31 bits per heavy atom. The summed E-state index contributed by atoms with van der Waals surface area (Å²) in [5.74, 6) is -0.586. The lowest BCUT2D eigenvalue weighted by molar-refractivity contribution is -0.137. The first-order valence-corrected chi connectivity index (χ1v) is 11.2. The van der Waals surface area contributed by atoms with E-state index in [2.05, 4.69) is 5.32 Å². The van der Waals surface area contributed by atoms with Crippen molar-refractivity contribution in [1.29, 1.82) is 0 Å². The minimum Gasteiger partial charge on any atom is -0.356 e. The maximum absolute atomic E-state index is 12.6. The maximum atomic E-state index is 12.6. The molecule has 0 heterocycles. The van der Waals surface area contributed by atoms with Crippen LogP contribution in [0.5, 0.6) is 0 Å². The fourth-order valence-corrected chi connectivity index (χ4v) is 4.74. The van der Waals surface area contributed by atoms with Gasteiger partial charge in [-0.2, -0.15) is 13.2 Å². The van der Waals surface area contributed by atoms with E-state index in [1.54, 1.807) is 24.3 Å². The van der Waals surface area contributed by atoms with Gasteiger partial charge in [0.05, 0.1) is 17.1 Å². The zero-order valence-corrected chi connectivity index (χ0v) is 16.5. The molecule has 4 nitrogen and oxygen atoms in total. The molecule has 8 heteroatoms. The summed E-state index contributed by atoms with van der Waals surface area (Å²) in [6, 6.07) is 13.8. The van der Waals surface area contributed by atoms with Gasteiger partial charge >= 0.3 is 6.18 Å². The second-order valence-corrected chi connectivity index (χ2v) is 9.47. The molecule has 3 rings (SSSR count). The van der Waals surface area contributed by atoms with Crippen molar-refractivity contribution in [3.05, 3.63) is 71.3 Å². The average Bonchev–Trinajstić information content (AvgIpc) is 3.46. The second kappa shape index (κ2) is 8.57. The Hall–Kier alpha value is -2.35. The van der Waals surface area contributed by atoms with Crippen LogP contribution in [0.25, 0.3) is 0 Å². The van der Waals surface area contributed by atoms with Gasteiger partial charge in [-0.15, -0.1) is 0 Å². The van der Waals surface area contributed by atoms with Gasteiger partial charge in [-0.25, -0.2) is 8.42 Å². The van der Waals surface area contributed by atoms with Gasteiger partial charge in [0, 0.05) is 12.5 Å². The van der Waals surface area contributed by atoms with Crippen LogP contribution in [-0.2, 0) is 26.6 Å². The summed E-state index contributed by atoms with van der Waals surface area (Å²) in [7, 11) is -3.25. The summed E-state index contributed by atoms with van der Waals surface area (Å²) in [6.07, 6.45) is -3.47. The topological polar surface area (TPSA) is 63.2 Å². The lowest BCUT2D eigenvalue weighted by atomic mass is 10.1. The summed E-state index contributed by atoms with van der Waals surface area (Å²) < 4.78 is 62.1. The van der Waals surface area contributed by atoms with Crippen LogP contribution >= 0.6 is 0 Å². The Labute approximate surface area is 168 Å². The fourth-order valence-electron chi connectivity index (χ4n) is 3.31. The van der Waals surface area contributed by atoms with Gasteiger partial charge in [-0.05, 0) is 42.0 Å². The summed E-state index contributed by atoms with van der Waals surface area (Å²) in [6.45, 7) is 0.253. The molecule has 2 aromatic carbocycles. The number of sulfone groups is 1. The number of halogens is 3. The molecule has 2 unspecified atom stereocenters. The van der Waals surface area contributed by atoms with E-state index in [4.69, 9.17) is 0 Å². The van der Waals surface area contributed by atoms with Crippen molar-refractivity contribution in [3.63, 3.8) is 0 Å². The van der Waals surface area contributed by atoms with Crippen molar-refractivity contribution < 1.29 is 26.4 Å². The second-order valence-electron chi connectivity index (χ2n) is 7.29. The SMILES string of the molecule is O=C(NCCCS(=O)(=O)Cc1ccccc1)C1CC1c1ccc(C(F)(F)F)cc1. The van der Waals surface area contributed by atoms with Crippen LogP contribution in [0.2, 0.25) is 0 Å². The number of hydrogen-bond acceptors (Lipinski definition) is 3. The third-order valence-corrected chi connectivity index (χ3v) is 6.64. The molecule has 1 amide bonds. The first-order valence-electron chi connectivity index (χ1n) is 9.35. The van der Waals surface area contributed by atoms with E-state index in [9.17, 15) is 26.4 Å². The highest BCUT2D eigenvalue weighted by atomic mass is 32.2. The first kappa shape index (κ1) is 21.4. The molecule has 156 valence electrons. The number of alkyl halides is 3. The van der Waals surface area contributed by atoms with Crippen LogP contribution in [-0.4, -0.2) is 26.6 Å². The molecule has 0 aliphatic heterocycles. The molecule has 2 aromatic rings. The van der Waals surface area contributed by atoms with Crippen molar-refractivity contribution in [2.75, 3.05) is 12.3 Å². The standard InChI is InChI=1S/C21H22F3NO3S/c22-21(23,24)17-9-7-16(8-10-17)18-13-19(18)20(26)25-11-4-12-29(27,28)14-15-5-2-1-3-6-15/h1-3,5-10,18-19H,4,11-14H2,(H,25,26). The van der Waals surface area contributed by atoms with Gasteiger partial charge in [0.15, 0.2) is 9.84 Å². The van der Waals surface area contributed by atoms with Crippen LogP contribution in [0.4, 0.5) is 13.2 Å². The molecular formula is C21H22F3NO3S. The van der Waals surface area contributed by atoms with E-state index in [0.717, 1.165) is 17.7 Å². The van der Waals surface area contributed by atoms with E-state index < -0.39 is 21.6 Å². The predicted octanol–water partition coefficient (Wildman–Crippen LogP) is 3.93. The molecule has 29 heavy (non-hydrogen) atoms. The molecule has 1 fully saturated rings.